The number of rotatable bonds is 11. The third-order valence-electron chi connectivity index (χ3n) is 8.80. The lowest BCUT2D eigenvalue weighted by atomic mass is 9.91. The van der Waals surface area contributed by atoms with Gasteiger partial charge in [-0.05, 0) is 86.9 Å². The average Bonchev–Trinajstić information content (AvgIpc) is 3.54. The summed E-state index contributed by atoms with van der Waals surface area (Å²) in [5.74, 6) is -0.691. The third-order valence-corrected chi connectivity index (χ3v) is 9.57. The van der Waals surface area contributed by atoms with E-state index in [2.05, 4.69) is 55.1 Å². The number of nitrogens with zero attached hydrogens (tertiary/aromatic N) is 3. The molecule has 1 aliphatic heterocycles. The third kappa shape index (κ3) is 9.00. The Balaban J connectivity index is 1.03. The van der Waals surface area contributed by atoms with Crippen LogP contribution in [0.25, 0.3) is 11.1 Å². The van der Waals surface area contributed by atoms with Crippen molar-refractivity contribution in [1.29, 1.82) is 0 Å². The molecule has 11 heteroatoms. The number of amides is 2. The maximum Gasteiger partial charge on any atom is 0.270 e. The van der Waals surface area contributed by atoms with E-state index in [0.717, 1.165) is 86.8 Å². The minimum absolute atomic E-state index is 0.0123. The first-order valence-corrected chi connectivity index (χ1v) is 17.3. The topological polar surface area (TPSA) is 108 Å². The summed E-state index contributed by atoms with van der Waals surface area (Å²) < 4.78 is 20.4. The number of hydrogen-bond acceptors (Lipinski definition) is 8. The normalized spacial score (nSPS) is 18.4. The summed E-state index contributed by atoms with van der Waals surface area (Å²) >= 11 is 1.44. The summed E-state index contributed by atoms with van der Waals surface area (Å²) in [6, 6.07) is 17.2. The first kappa shape index (κ1) is 32.7. The molecular formula is C36H41FN6O3S. The van der Waals surface area contributed by atoms with Gasteiger partial charge in [0.2, 0.25) is 5.88 Å². The fourth-order valence-corrected chi connectivity index (χ4v) is 6.79. The van der Waals surface area contributed by atoms with Gasteiger partial charge in [-0.1, -0.05) is 36.4 Å². The summed E-state index contributed by atoms with van der Waals surface area (Å²) in [6.45, 7) is 7.37. The number of hydrogen-bond donors (Lipinski definition) is 3. The van der Waals surface area contributed by atoms with Gasteiger partial charge in [-0.15, -0.1) is 11.3 Å². The molecule has 4 aromatic rings. The standard InChI is InChI=1S/C36H41FN6O3S/c1-24-40-33(23-47-24)35(45)42-30-13-11-29(12-14-30)41-34(44)32-21-28(37)22-39-36(32)46-31-6-2-5-27(20-31)26-9-7-25(8-10-26)4-3-17-43-18-15-38-16-19-43/h2,5-10,20-23,29-30,38H,3-4,11-19H2,1H3,(H,41,44)(H,42,45)/t29-,30+. The van der Waals surface area contributed by atoms with E-state index in [9.17, 15) is 14.0 Å². The minimum atomic E-state index is -0.618. The Morgan fingerprint density at radius 2 is 1.70 bits per heavy atom. The Morgan fingerprint density at radius 1 is 0.979 bits per heavy atom. The number of piperazine rings is 1. The van der Waals surface area contributed by atoms with Gasteiger partial charge in [-0.3, -0.25) is 9.59 Å². The summed E-state index contributed by atoms with van der Waals surface area (Å²) in [7, 11) is 0. The molecule has 0 radical (unpaired) electrons. The molecule has 1 saturated carbocycles. The number of aryl methyl sites for hydroxylation is 2. The van der Waals surface area contributed by atoms with Gasteiger partial charge in [0, 0.05) is 43.6 Å². The molecule has 2 aromatic carbocycles. The number of aromatic nitrogens is 2. The molecule has 0 bridgehead atoms. The molecule has 47 heavy (non-hydrogen) atoms. The van der Waals surface area contributed by atoms with Gasteiger partial charge in [0.1, 0.15) is 22.8 Å². The fraction of sp³-hybridized carbons (Fsp3) is 0.389. The van der Waals surface area contributed by atoms with Gasteiger partial charge in [0.05, 0.1) is 11.2 Å². The smallest absolute Gasteiger partial charge is 0.270 e. The van der Waals surface area contributed by atoms with Gasteiger partial charge in [0.15, 0.2) is 0 Å². The van der Waals surface area contributed by atoms with Crippen LogP contribution in [0.2, 0.25) is 0 Å². The summed E-state index contributed by atoms with van der Waals surface area (Å²) in [5.41, 5.74) is 3.81. The predicted molar refractivity (Wildman–Crippen MR) is 182 cm³/mol. The molecule has 2 aliphatic rings. The molecule has 9 nitrogen and oxygen atoms in total. The maximum atomic E-state index is 14.3. The minimum Gasteiger partial charge on any atom is -0.438 e. The molecule has 3 N–H and O–H groups in total. The predicted octanol–water partition coefficient (Wildman–Crippen LogP) is 5.75. The Morgan fingerprint density at radius 3 is 2.40 bits per heavy atom. The number of thiazole rings is 1. The van der Waals surface area contributed by atoms with Crippen molar-refractivity contribution in [1.82, 2.24) is 30.8 Å². The van der Waals surface area contributed by atoms with Gasteiger partial charge in [-0.2, -0.15) is 0 Å². The van der Waals surface area contributed by atoms with Crippen LogP contribution in [0.1, 0.15) is 63.5 Å². The first-order chi connectivity index (χ1) is 22.9. The largest absolute Gasteiger partial charge is 0.438 e. The van der Waals surface area contributed by atoms with Crippen molar-refractivity contribution in [2.24, 2.45) is 0 Å². The van der Waals surface area contributed by atoms with Crippen molar-refractivity contribution < 1.29 is 18.7 Å². The van der Waals surface area contributed by atoms with E-state index >= 15 is 0 Å². The molecule has 1 aliphatic carbocycles. The van der Waals surface area contributed by atoms with E-state index in [1.54, 1.807) is 11.4 Å². The maximum absolute atomic E-state index is 14.3. The van der Waals surface area contributed by atoms with Crippen LogP contribution in [0.15, 0.2) is 66.2 Å². The van der Waals surface area contributed by atoms with Gasteiger partial charge in [-0.25, -0.2) is 14.4 Å². The molecule has 0 atom stereocenters. The molecule has 1 saturated heterocycles. The number of carbonyl (C=O) groups is 2. The SMILES string of the molecule is Cc1nc(C(=O)N[C@H]2CC[C@@H](NC(=O)c3cc(F)cnc3Oc3cccc(-c4ccc(CCCN5CCNCC5)cc4)c3)CC2)cs1. The molecule has 246 valence electrons. The summed E-state index contributed by atoms with van der Waals surface area (Å²) in [6.07, 6.45) is 6.03. The van der Waals surface area contributed by atoms with Crippen molar-refractivity contribution in [2.75, 3.05) is 32.7 Å². The van der Waals surface area contributed by atoms with Crippen LogP contribution >= 0.6 is 11.3 Å². The van der Waals surface area contributed by atoms with E-state index in [1.807, 2.05) is 25.1 Å². The number of nitrogens with one attached hydrogen (secondary N) is 3. The van der Waals surface area contributed by atoms with Crippen LogP contribution in [-0.2, 0) is 6.42 Å². The Kier molecular flexibility index (Phi) is 10.9. The Bertz CT molecular complexity index is 1670. The van der Waals surface area contributed by atoms with Gasteiger partial charge >= 0.3 is 0 Å². The molecular weight excluding hydrogens is 616 g/mol. The molecule has 6 rings (SSSR count). The van der Waals surface area contributed by atoms with Crippen LogP contribution < -0.4 is 20.7 Å². The average molecular weight is 657 g/mol. The zero-order valence-corrected chi connectivity index (χ0v) is 27.5. The fourth-order valence-electron chi connectivity index (χ4n) is 6.20. The zero-order valence-electron chi connectivity index (χ0n) is 26.6. The molecule has 0 unspecified atom stereocenters. The molecule has 0 spiro atoms. The zero-order chi connectivity index (χ0) is 32.6. The van der Waals surface area contributed by atoms with Crippen LogP contribution in [0, 0.1) is 12.7 Å². The molecule has 3 heterocycles. The van der Waals surface area contributed by atoms with Gasteiger partial charge in [0.25, 0.3) is 11.8 Å². The number of benzene rings is 2. The second-order valence-electron chi connectivity index (χ2n) is 12.3. The monoisotopic (exact) mass is 656 g/mol. The molecule has 2 fully saturated rings. The quantitative estimate of drug-likeness (QED) is 0.189. The number of halogens is 1. The highest BCUT2D eigenvalue weighted by Gasteiger charge is 2.26. The Hall–Kier alpha value is -4.19. The highest BCUT2D eigenvalue weighted by atomic mass is 32.1. The summed E-state index contributed by atoms with van der Waals surface area (Å²) in [5, 5.41) is 12.1. The van der Waals surface area contributed by atoms with Crippen molar-refractivity contribution in [3.05, 3.63) is 93.8 Å². The second-order valence-corrected chi connectivity index (χ2v) is 13.3. The van der Waals surface area contributed by atoms with Gasteiger partial charge < -0.3 is 25.6 Å². The van der Waals surface area contributed by atoms with Crippen molar-refractivity contribution >= 4 is 23.2 Å². The van der Waals surface area contributed by atoms with Crippen LogP contribution in [0.3, 0.4) is 0 Å². The molecule has 2 amide bonds. The van der Waals surface area contributed by atoms with Crippen molar-refractivity contribution in [2.45, 2.75) is 57.5 Å². The van der Waals surface area contributed by atoms with E-state index in [-0.39, 0.29) is 29.4 Å². The first-order valence-electron chi connectivity index (χ1n) is 16.4. The molecule has 2 aromatic heterocycles. The van der Waals surface area contributed by atoms with E-state index in [0.29, 0.717) is 24.3 Å². The highest BCUT2D eigenvalue weighted by Crippen LogP contribution is 2.29. The lowest BCUT2D eigenvalue weighted by Crippen LogP contribution is -2.44. The highest BCUT2D eigenvalue weighted by molar-refractivity contribution is 7.09. The van der Waals surface area contributed by atoms with Crippen LogP contribution in [0.5, 0.6) is 11.6 Å². The van der Waals surface area contributed by atoms with Crippen LogP contribution in [0.4, 0.5) is 4.39 Å². The second kappa shape index (κ2) is 15.6. The lowest BCUT2D eigenvalue weighted by molar-refractivity contribution is 0.0888. The van der Waals surface area contributed by atoms with E-state index in [1.165, 1.54) is 16.9 Å². The van der Waals surface area contributed by atoms with Crippen molar-refractivity contribution in [3.63, 3.8) is 0 Å². The number of pyridine rings is 1. The number of ether oxygens (including phenoxy) is 1. The Labute approximate surface area is 279 Å². The number of carbonyl (C=O) groups excluding carboxylic acids is 2. The lowest BCUT2D eigenvalue weighted by Gasteiger charge is -2.29. The summed E-state index contributed by atoms with van der Waals surface area (Å²) in [4.78, 5) is 36.7. The van der Waals surface area contributed by atoms with Crippen LogP contribution in [-0.4, -0.2) is 71.5 Å². The van der Waals surface area contributed by atoms with Crippen molar-refractivity contribution in [3.8, 4) is 22.8 Å². The van der Waals surface area contributed by atoms with E-state index in [4.69, 9.17) is 4.74 Å². The van der Waals surface area contributed by atoms with E-state index < -0.39 is 11.7 Å².